The van der Waals surface area contributed by atoms with Gasteiger partial charge in [0.05, 0.1) is 0 Å². The van der Waals surface area contributed by atoms with Crippen LogP contribution in [0.2, 0.25) is 0 Å². The predicted molar refractivity (Wildman–Crippen MR) is 71.9 cm³/mol. The summed E-state index contributed by atoms with van der Waals surface area (Å²) in [5, 5.41) is 6.62. The molecule has 0 amide bonds. The molecular weight excluding hydrogens is 236 g/mol. The zero-order valence-corrected chi connectivity index (χ0v) is 11.8. The van der Waals surface area contributed by atoms with E-state index >= 15 is 0 Å². The average molecular weight is 263 g/mol. The molecule has 0 aliphatic rings. The lowest BCUT2D eigenvalue weighted by atomic mass is 10.1. The van der Waals surface area contributed by atoms with Crippen LogP contribution in [-0.4, -0.2) is 15.0 Å². The van der Waals surface area contributed by atoms with Crippen molar-refractivity contribution in [3.8, 4) is 0 Å². The summed E-state index contributed by atoms with van der Waals surface area (Å²) in [5.41, 5.74) is 0. The Morgan fingerprint density at radius 1 is 0.824 bits per heavy atom. The maximum absolute atomic E-state index is 10.4. The number of nitrogens with one attached hydrogen (secondary N) is 2. The largest absolute Gasteiger partial charge is 0.290 e. The third-order valence-corrected chi connectivity index (χ3v) is 3.41. The summed E-state index contributed by atoms with van der Waals surface area (Å²) in [5.74, 6) is 0. The fourth-order valence-electron chi connectivity index (χ4n) is 1.82. The third kappa shape index (κ3) is 15.9. The van der Waals surface area contributed by atoms with Gasteiger partial charge in [-0.1, -0.05) is 64.7 Å². The van der Waals surface area contributed by atoms with E-state index < -0.39 is 10.2 Å². The summed E-state index contributed by atoms with van der Waals surface area (Å²) in [7, 11) is -3.73. The van der Waals surface area contributed by atoms with Crippen molar-refractivity contribution in [2.24, 2.45) is 0 Å². The molecule has 0 fully saturated rings. The number of hydrogen-bond acceptors (Lipinski definition) is 2. The average Bonchev–Trinajstić information content (AvgIpc) is 2.24. The molecule has 4 nitrogen and oxygen atoms in total. The minimum atomic E-state index is -3.73. The second-order valence-electron chi connectivity index (χ2n) is 4.58. The predicted octanol–water partition coefficient (Wildman–Crippen LogP) is 3.02. The van der Waals surface area contributed by atoms with Crippen molar-refractivity contribution in [2.75, 3.05) is 6.54 Å². The molecule has 0 aromatic carbocycles. The van der Waals surface area contributed by atoms with E-state index in [1.807, 2.05) is 0 Å². The Hall–Kier alpha value is -0.130. The Kier molecular flexibility index (Phi) is 10.9. The van der Waals surface area contributed by atoms with Gasteiger partial charge in [-0.3, -0.25) is 0 Å². The quantitative estimate of drug-likeness (QED) is 0.550. The van der Waals surface area contributed by atoms with E-state index in [2.05, 4.69) is 11.6 Å². The summed E-state index contributed by atoms with van der Waals surface area (Å²) < 4.78 is 23.1. The van der Waals surface area contributed by atoms with Crippen molar-refractivity contribution in [3.63, 3.8) is 0 Å². The molecule has 103 valence electrons. The van der Waals surface area contributed by atoms with Gasteiger partial charge in [0.1, 0.15) is 0 Å². The molecule has 0 aliphatic heterocycles. The lowest BCUT2D eigenvalue weighted by Gasteiger charge is -2.02. The topological polar surface area (TPSA) is 70.0 Å². The maximum Gasteiger partial charge on any atom is 0.290 e. The minimum absolute atomic E-state index is 0.405. The third-order valence-electron chi connectivity index (χ3n) is 2.82. The van der Waals surface area contributed by atoms with Gasteiger partial charge in [0.25, 0.3) is 10.2 Å². The fraction of sp³-hybridized carbons (Fsp3) is 1.00. The van der Waals surface area contributed by atoms with Crippen LogP contribution in [0.4, 0.5) is 0 Å². The van der Waals surface area contributed by atoms with Crippen molar-refractivity contribution in [3.05, 3.63) is 0 Å². The standard InChI is InChI=1S/C12H27N2O2S/c1-2-3-4-5-6-7-8-9-10-11-12-14-17(13,15)16/h13-14H,2-12H2,1H3. The molecule has 0 saturated heterocycles. The Balaban J connectivity index is 3.04. The molecule has 0 aromatic heterocycles. The highest BCUT2D eigenvalue weighted by Crippen LogP contribution is 2.10. The molecule has 0 atom stereocenters. The highest BCUT2D eigenvalue weighted by Gasteiger charge is 1.99. The van der Waals surface area contributed by atoms with Crippen LogP contribution in [0.5, 0.6) is 0 Å². The lowest BCUT2D eigenvalue weighted by Crippen LogP contribution is -2.24. The first-order valence-electron chi connectivity index (χ1n) is 6.80. The van der Waals surface area contributed by atoms with Crippen molar-refractivity contribution in [1.29, 1.82) is 0 Å². The maximum atomic E-state index is 10.4. The Labute approximate surface area is 107 Å². The van der Waals surface area contributed by atoms with Crippen LogP contribution in [-0.2, 0) is 10.2 Å². The van der Waals surface area contributed by atoms with E-state index in [0.29, 0.717) is 6.54 Å². The van der Waals surface area contributed by atoms with Crippen molar-refractivity contribution >= 4 is 10.2 Å². The summed E-state index contributed by atoms with van der Waals surface area (Å²) in [6, 6.07) is 0. The zero-order chi connectivity index (χ0) is 13.0. The first-order chi connectivity index (χ1) is 8.06. The molecule has 0 unspecified atom stereocenters. The highest BCUT2D eigenvalue weighted by molar-refractivity contribution is 7.86. The van der Waals surface area contributed by atoms with Gasteiger partial charge in [0.2, 0.25) is 0 Å². The molecule has 1 radical (unpaired) electrons. The second kappa shape index (κ2) is 11.0. The van der Waals surface area contributed by atoms with Crippen molar-refractivity contribution in [2.45, 2.75) is 71.1 Å². The van der Waals surface area contributed by atoms with E-state index in [1.165, 1.54) is 51.4 Å². The molecular formula is C12H27N2O2S. The van der Waals surface area contributed by atoms with Crippen LogP contribution < -0.4 is 9.86 Å². The van der Waals surface area contributed by atoms with Crippen LogP contribution >= 0.6 is 0 Å². The van der Waals surface area contributed by atoms with Gasteiger partial charge in [-0.15, -0.1) is 5.14 Å². The Morgan fingerprint density at radius 3 is 1.65 bits per heavy atom. The fourth-order valence-corrected chi connectivity index (χ4v) is 2.23. The van der Waals surface area contributed by atoms with Gasteiger partial charge >= 0.3 is 0 Å². The van der Waals surface area contributed by atoms with Gasteiger partial charge in [-0.2, -0.15) is 8.42 Å². The summed E-state index contributed by atoms with van der Waals surface area (Å²) in [4.78, 5) is 0. The molecule has 2 N–H and O–H groups in total. The molecule has 0 heterocycles. The van der Waals surface area contributed by atoms with E-state index in [1.54, 1.807) is 0 Å². The van der Waals surface area contributed by atoms with Gasteiger partial charge in [0.15, 0.2) is 0 Å². The van der Waals surface area contributed by atoms with Crippen molar-refractivity contribution in [1.82, 2.24) is 9.86 Å². The monoisotopic (exact) mass is 263 g/mol. The first kappa shape index (κ1) is 16.9. The van der Waals surface area contributed by atoms with E-state index in [0.717, 1.165) is 12.8 Å². The molecule has 0 bridgehead atoms. The molecule has 5 heteroatoms. The van der Waals surface area contributed by atoms with E-state index in [4.69, 9.17) is 5.14 Å². The highest BCUT2D eigenvalue weighted by atomic mass is 32.2. The second-order valence-corrected chi connectivity index (χ2v) is 5.88. The number of hydrogen-bond donors (Lipinski definition) is 1. The molecule has 0 aromatic rings. The molecule has 0 saturated carbocycles. The number of unbranched alkanes of at least 4 members (excludes halogenated alkanes) is 9. The Morgan fingerprint density at radius 2 is 1.24 bits per heavy atom. The van der Waals surface area contributed by atoms with Gasteiger partial charge in [-0.25, -0.2) is 4.72 Å². The molecule has 0 rings (SSSR count). The van der Waals surface area contributed by atoms with Crippen LogP contribution in [0.25, 0.3) is 0 Å². The SMILES string of the molecule is CCCCCCCCCCCCNS([NH])(=O)=O. The normalized spacial score (nSPS) is 11.9. The van der Waals surface area contributed by atoms with Crippen LogP contribution in [0, 0.1) is 0 Å². The number of rotatable bonds is 12. The lowest BCUT2D eigenvalue weighted by molar-refractivity contribution is 0.549. The van der Waals surface area contributed by atoms with Gasteiger partial charge < -0.3 is 0 Å². The molecule has 0 aliphatic carbocycles. The molecule has 17 heavy (non-hydrogen) atoms. The minimum Gasteiger partial charge on any atom is -0.201 e. The smallest absolute Gasteiger partial charge is 0.201 e. The summed E-state index contributed by atoms with van der Waals surface area (Å²) in [6.07, 6.45) is 12.3. The summed E-state index contributed by atoms with van der Waals surface area (Å²) >= 11 is 0. The van der Waals surface area contributed by atoms with E-state index in [9.17, 15) is 8.42 Å². The Bertz CT molecular complexity index is 253. The van der Waals surface area contributed by atoms with Gasteiger partial charge in [-0.05, 0) is 6.42 Å². The molecule has 0 spiro atoms. The van der Waals surface area contributed by atoms with Crippen molar-refractivity contribution < 1.29 is 8.42 Å². The first-order valence-corrected chi connectivity index (χ1v) is 8.29. The van der Waals surface area contributed by atoms with Crippen LogP contribution in [0.15, 0.2) is 0 Å². The van der Waals surface area contributed by atoms with Gasteiger partial charge in [0, 0.05) is 6.54 Å². The summed E-state index contributed by atoms with van der Waals surface area (Å²) in [6.45, 7) is 2.63. The van der Waals surface area contributed by atoms with Crippen LogP contribution in [0.1, 0.15) is 71.1 Å². The van der Waals surface area contributed by atoms with E-state index in [-0.39, 0.29) is 0 Å². The zero-order valence-electron chi connectivity index (χ0n) is 11.0. The van der Waals surface area contributed by atoms with Crippen LogP contribution in [0.3, 0.4) is 0 Å².